The molecule has 0 aliphatic carbocycles. The maximum Gasteiger partial charge on any atom is 0.291 e. The Bertz CT molecular complexity index is 1270. The molecule has 2 heterocycles. The summed E-state index contributed by atoms with van der Waals surface area (Å²) in [4.78, 5) is 27.7. The lowest BCUT2D eigenvalue weighted by atomic mass is 9.84. The molecule has 2 aromatic carbocycles. The number of hydrogen-bond acceptors (Lipinski definition) is 6. The van der Waals surface area contributed by atoms with E-state index in [1.807, 2.05) is 71.9 Å². The van der Waals surface area contributed by atoms with E-state index < -0.39 is 40.9 Å². The summed E-state index contributed by atoms with van der Waals surface area (Å²) in [5.41, 5.74) is 0.542. The number of benzene rings is 2. The van der Waals surface area contributed by atoms with Crippen molar-refractivity contribution in [2.75, 3.05) is 13.7 Å². The topological polar surface area (TPSA) is 88.1 Å². The Morgan fingerprint density at radius 3 is 2.33 bits per heavy atom. The van der Waals surface area contributed by atoms with Crippen LogP contribution in [0.5, 0.6) is 5.75 Å². The number of carbonyl (C=O) groups excluding carboxylic acids is 2. The van der Waals surface area contributed by atoms with Crippen molar-refractivity contribution >= 4 is 11.9 Å². The third-order valence-corrected chi connectivity index (χ3v) is 8.55. The highest BCUT2D eigenvalue weighted by Gasteiger charge is 2.66. The fraction of sp³-hybridized carbons (Fsp3) is 0.576. The number of halogens is 1. The lowest BCUT2D eigenvalue weighted by Crippen LogP contribution is -2.73. The van der Waals surface area contributed by atoms with Crippen molar-refractivity contribution in [2.24, 2.45) is 5.41 Å². The number of carboxylic acids is 1. The fourth-order valence-electron chi connectivity index (χ4n) is 6.75. The summed E-state index contributed by atoms with van der Waals surface area (Å²) in [5, 5.41) is 12.7. The highest BCUT2D eigenvalue weighted by atomic mass is 19.1. The van der Waals surface area contributed by atoms with Crippen LogP contribution < -0.4 is 9.84 Å². The van der Waals surface area contributed by atoms with Crippen molar-refractivity contribution in [3.8, 4) is 5.75 Å². The van der Waals surface area contributed by atoms with E-state index in [1.165, 1.54) is 11.0 Å². The molecule has 0 N–H and O–H groups in total. The SMILES string of the molecule is CN1C(=O)C(C(=O)[O-])[N+](Cc2cc(COC3CCCCO3)c(OCc3ccccc3)cc2F)(C(C)(C)C)C1C(C)(C)C. The van der Waals surface area contributed by atoms with Crippen LogP contribution in [0.25, 0.3) is 0 Å². The van der Waals surface area contributed by atoms with Gasteiger partial charge in [-0.3, -0.25) is 14.2 Å². The molecule has 42 heavy (non-hydrogen) atoms. The zero-order chi connectivity index (χ0) is 30.9. The van der Waals surface area contributed by atoms with Gasteiger partial charge in [-0.15, -0.1) is 0 Å². The van der Waals surface area contributed by atoms with E-state index in [-0.39, 0.29) is 36.1 Å². The van der Waals surface area contributed by atoms with Gasteiger partial charge in [-0.2, -0.15) is 0 Å². The van der Waals surface area contributed by atoms with E-state index in [0.29, 0.717) is 17.9 Å². The predicted octanol–water partition coefficient (Wildman–Crippen LogP) is 4.53. The number of aliphatic carboxylic acids is 1. The maximum atomic E-state index is 16.1. The number of carbonyl (C=O) groups is 2. The van der Waals surface area contributed by atoms with Gasteiger partial charge in [0.05, 0.1) is 12.1 Å². The summed E-state index contributed by atoms with van der Waals surface area (Å²) in [7, 11) is 1.63. The van der Waals surface area contributed by atoms with Crippen LogP contribution in [0.1, 0.15) is 77.5 Å². The number of ether oxygens (including phenoxy) is 3. The fourth-order valence-corrected chi connectivity index (χ4v) is 6.75. The van der Waals surface area contributed by atoms with E-state index in [0.717, 1.165) is 24.8 Å². The first kappa shape index (κ1) is 31.9. The first-order chi connectivity index (χ1) is 19.7. The van der Waals surface area contributed by atoms with Crippen LogP contribution in [-0.2, 0) is 38.8 Å². The Morgan fingerprint density at radius 1 is 1.07 bits per heavy atom. The Kier molecular flexibility index (Phi) is 9.35. The van der Waals surface area contributed by atoms with Crippen LogP contribution in [0, 0.1) is 11.2 Å². The number of hydrogen-bond donors (Lipinski definition) is 0. The van der Waals surface area contributed by atoms with Crippen molar-refractivity contribution in [1.29, 1.82) is 0 Å². The average Bonchev–Trinajstić information content (AvgIpc) is 3.16. The van der Waals surface area contributed by atoms with Crippen molar-refractivity contribution in [2.45, 2.75) is 105 Å². The lowest BCUT2D eigenvalue weighted by Gasteiger charge is -2.55. The van der Waals surface area contributed by atoms with Crippen LogP contribution in [0.2, 0.25) is 0 Å². The molecular weight excluding hydrogens is 539 g/mol. The largest absolute Gasteiger partial charge is 0.543 e. The Labute approximate surface area is 248 Å². The molecule has 2 fully saturated rings. The summed E-state index contributed by atoms with van der Waals surface area (Å²) in [5.74, 6) is -2.19. The van der Waals surface area contributed by atoms with E-state index in [2.05, 4.69) is 0 Å². The van der Waals surface area contributed by atoms with E-state index >= 15 is 4.39 Å². The number of likely N-dealkylation sites (N-methyl/N-ethyl adjacent to an activating group) is 1. The third kappa shape index (κ3) is 6.33. The Hall–Kier alpha value is -3.01. The quantitative estimate of drug-likeness (QED) is 0.318. The van der Waals surface area contributed by atoms with E-state index in [1.54, 1.807) is 13.1 Å². The van der Waals surface area contributed by atoms with Crippen molar-refractivity contribution in [1.82, 2.24) is 4.90 Å². The van der Waals surface area contributed by atoms with Crippen LogP contribution in [0.15, 0.2) is 42.5 Å². The molecule has 4 rings (SSSR count). The number of rotatable bonds is 9. The van der Waals surface area contributed by atoms with Gasteiger partial charge < -0.3 is 24.1 Å². The number of quaternary nitrogens is 1. The van der Waals surface area contributed by atoms with E-state index in [4.69, 9.17) is 14.2 Å². The molecule has 0 radical (unpaired) electrons. The highest BCUT2D eigenvalue weighted by molar-refractivity contribution is 6.00. The van der Waals surface area contributed by atoms with Crippen molar-refractivity contribution in [3.05, 3.63) is 65.0 Å². The average molecular weight is 585 g/mol. The normalized spacial score (nSPS) is 25.1. The second-order valence-electron chi connectivity index (χ2n) is 13.6. The number of amides is 1. The first-order valence-electron chi connectivity index (χ1n) is 14.7. The Morgan fingerprint density at radius 2 is 1.76 bits per heavy atom. The second kappa shape index (κ2) is 12.3. The molecule has 8 nitrogen and oxygen atoms in total. The maximum absolute atomic E-state index is 16.1. The van der Waals surface area contributed by atoms with E-state index in [9.17, 15) is 14.7 Å². The minimum absolute atomic E-state index is 0.0438. The van der Waals surface area contributed by atoms with Gasteiger partial charge in [0.1, 0.15) is 30.7 Å². The van der Waals surface area contributed by atoms with Gasteiger partial charge in [0.15, 0.2) is 12.5 Å². The van der Waals surface area contributed by atoms with Crippen LogP contribution in [0.4, 0.5) is 4.39 Å². The summed E-state index contributed by atoms with van der Waals surface area (Å²) in [6.45, 7) is 12.6. The first-order valence-corrected chi connectivity index (χ1v) is 14.7. The summed E-state index contributed by atoms with van der Waals surface area (Å²) >= 11 is 0. The molecule has 4 unspecified atom stereocenters. The van der Waals surface area contributed by atoms with Crippen LogP contribution in [0.3, 0.4) is 0 Å². The molecule has 0 bridgehead atoms. The molecule has 2 saturated heterocycles. The second-order valence-corrected chi connectivity index (χ2v) is 13.6. The van der Waals surface area contributed by atoms with Gasteiger partial charge in [0.25, 0.3) is 5.91 Å². The summed E-state index contributed by atoms with van der Waals surface area (Å²) < 4.78 is 33.8. The molecule has 230 valence electrons. The predicted molar refractivity (Wildman–Crippen MR) is 154 cm³/mol. The summed E-state index contributed by atoms with van der Waals surface area (Å²) in [6, 6.07) is 11.2. The monoisotopic (exact) mass is 584 g/mol. The van der Waals surface area contributed by atoms with Crippen molar-refractivity contribution in [3.63, 3.8) is 0 Å². The van der Waals surface area contributed by atoms with Gasteiger partial charge in [0, 0.05) is 36.3 Å². The lowest BCUT2D eigenvalue weighted by molar-refractivity contribution is -1.01. The van der Waals surface area contributed by atoms with Crippen LogP contribution >= 0.6 is 0 Å². The van der Waals surface area contributed by atoms with Gasteiger partial charge in [-0.05, 0) is 51.7 Å². The summed E-state index contributed by atoms with van der Waals surface area (Å²) in [6.07, 6.45) is 1.84. The smallest absolute Gasteiger partial charge is 0.291 e. The number of carboxylic acid groups (broad SMARTS) is 1. The van der Waals surface area contributed by atoms with Crippen molar-refractivity contribution < 1.29 is 37.8 Å². The minimum atomic E-state index is -1.50. The molecule has 0 saturated carbocycles. The van der Waals surface area contributed by atoms with Gasteiger partial charge in [0.2, 0.25) is 6.04 Å². The molecule has 1 amide bonds. The van der Waals surface area contributed by atoms with Gasteiger partial charge >= 0.3 is 0 Å². The molecule has 2 aliphatic rings. The molecular formula is C33H45FN2O6. The highest BCUT2D eigenvalue weighted by Crippen LogP contribution is 2.48. The van der Waals surface area contributed by atoms with Gasteiger partial charge in [-0.25, -0.2) is 4.39 Å². The molecule has 2 aromatic rings. The minimum Gasteiger partial charge on any atom is -0.543 e. The third-order valence-electron chi connectivity index (χ3n) is 8.55. The molecule has 4 atom stereocenters. The zero-order valence-corrected chi connectivity index (χ0v) is 25.9. The molecule has 0 aromatic heterocycles. The number of nitrogens with zero attached hydrogens (tertiary/aromatic N) is 2. The van der Waals surface area contributed by atoms with Gasteiger partial charge in [-0.1, -0.05) is 51.1 Å². The Balaban J connectivity index is 1.79. The molecule has 9 heteroatoms. The standard InChI is InChI=1S/C33H45FN2O6/c1-32(2,3)31-35(7)29(37)28(30(38)39)36(31,33(4,5)6)19-23-17-24(21-42-27-15-11-12-16-40-27)26(18-25(23)34)41-20-22-13-9-8-10-14-22/h8-10,13-14,17-18,27-28,31H,11-12,15-16,19-21H2,1-7H3. The molecule has 2 aliphatic heterocycles. The van der Waals surface area contributed by atoms with Crippen LogP contribution in [-0.4, -0.2) is 59.0 Å². The zero-order valence-electron chi connectivity index (χ0n) is 25.9. The molecule has 0 spiro atoms.